The van der Waals surface area contributed by atoms with E-state index in [4.69, 9.17) is 10.3 Å². The first kappa shape index (κ1) is 17.5. The zero-order valence-corrected chi connectivity index (χ0v) is 12.2. The van der Waals surface area contributed by atoms with Gasteiger partial charge in [-0.1, -0.05) is 31.1 Å². The molecule has 2 aromatic rings. The molecule has 1 unspecified atom stereocenters. The average molecular weight is 322 g/mol. The maximum absolute atomic E-state index is 12.6. The first-order valence-electron chi connectivity index (χ1n) is 6.06. The molecule has 0 saturated heterocycles. The number of halogens is 4. The second-order valence-electron chi connectivity index (χ2n) is 4.80. The first-order chi connectivity index (χ1) is 9.29. The lowest BCUT2D eigenvalue weighted by Gasteiger charge is -2.09. The molecule has 0 aliphatic heterocycles. The lowest BCUT2D eigenvalue weighted by atomic mass is 10.1. The van der Waals surface area contributed by atoms with Crippen molar-refractivity contribution in [2.24, 2.45) is 11.7 Å². The number of benzene rings is 1. The van der Waals surface area contributed by atoms with Crippen LogP contribution >= 0.6 is 12.4 Å². The summed E-state index contributed by atoms with van der Waals surface area (Å²) in [7, 11) is 0. The van der Waals surface area contributed by atoms with E-state index in [2.05, 4.69) is 10.1 Å². The van der Waals surface area contributed by atoms with Crippen LogP contribution in [0.5, 0.6) is 0 Å². The van der Waals surface area contributed by atoms with Crippen molar-refractivity contribution in [1.82, 2.24) is 10.1 Å². The predicted octanol–water partition coefficient (Wildman–Crippen LogP) is 3.83. The quantitative estimate of drug-likeness (QED) is 0.933. The van der Waals surface area contributed by atoms with Gasteiger partial charge in [0, 0.05) is 5.56 Å². The normalized spacial score (nSPS) is 13.1. The summed E-state index contributed by atoms with van der Waals surface area (Å²) in [6.45, 7) is 3.78. The summed E-state index contributed by atoms with van der Waals surface area (Å²) in [6.07, 6.45) is -4.41. The first-order valence-corrected chi connectivity index (χ1v) is 6.06. The number of hydrogen-bond donors (Lipinski definition) is 1. The van der Waals surface area contributed by atoms with Gasteiger partial charge >= 0.3 is 6.18 Å². The Morgan fingerprint density at radius 1 is 1.24 bits per heavy atom. The molecule has 0 spiro atoms. The highest BCUT2D eigenvalue weighted by Crippen LogP contribution is 2.31. The lowest BCUT2D eigenvalue weighted by Crippen LogP contribution is -2.16. The van der Waals surface area contributed by atoms with E-state index < -0.39 is 17.8 Å². The van der Waals surface area contributed by atoms with Gasteiger partial charge in [0.25, 0.3) is 0 Å². The van der Waals surface area contributed by atoms with Gasteiger partial charge in [0.15, 0.2) is 0 Å². The molecular formula is C13H15ClF3N3O. The van der Waals surface area contributed by atoms with Crippen molar-refractivity contribution in [2.45, 2.75) is 26.1 Å². The third-order valence-electron chi connectivity index (χ3n) is 2.89. The van der Waals surface area contributed by atoms with Crippen molar-refractivity contribution in [3.05, 3.63) is 35.7 Å². The van der Waals surface area contributed by atoms with Gasteiger partial charge in [-0.2, -0.15) is 18.2 Å². The highest BCUT2D eigenvalue weighted by Gasteiger charge is 2.31. The minimum atomic E-state index is -4.41. The maximum atomic E-state index is 12.6. The Balaban J connectivity index is 0.00000220. The molecule has 0 fully saturated rings. The predicted molar refractivity (Wildman–Crippen MR) is 73.8 cm³/mol. The summed E-state index contributed by atoms with van der Waals surface area (Å²) in [6, 6.07) is 4.32. The van der Waals surface area contributed by atoms with Crippen molar-refractivity contribution in [1.29, 1.82) is 0 Å². The van der Waals surface area contributed by atoms with E-state index in [1.165, 1.54) is 12.1 Å². The molecule has 1 heterocycles. The molecule has 2 rings (SSSR count). The van der Waals surface area contributed by atoms with Crippen molar-refractivity contribution >= 4 is 12.4 Å². The summed E-state index contributed by atoms with van der Waals surface area (Å²) in [4.78, 5) is 4.05. The minimum absolute atomic E-state index is 0. The summed E-state index contributed by atoms with van der Waals surface area (Å²) < 4.78 is 42.9. The van der Waals surface area contributed by atoms with Crippen molar-refractivity contribution < 1.29 is 17.7 Å². The monoisotopic (exact) mass is 321 g/mol. The zero-order chi connectivity index (χ0) is 14.9. The van der Waals surface area contributed by atoms with Gasteiger partial charge in [-0.3, -0.25) is 0 Å². The molecule has 0 saturated carbocycles. The van der Waals surface area contributed by atoms with Crippen LogP contribution in [-0.2, 0) is 6.18 Å². The Morgan fingerprint density at radius 3 is 2.48 bits per heavy atom. The van der Waals surface area contributed by atoms with Gasteiger partial charge in [0.2, 0.25) is 11.7 Å². The van der Waals surface area contributed by atoms with Crippen molar-refractivity contribution in [2.75, 3.05) is 0 Å². The molecule has 0 aliphatic rings. The summed E-state index contributed by atoms with van der Waals surface area (Å²) >= 11 is 0. The molecule has 1 atom stereocenters. The van der Waals surface area contributed by atoms with Crippen LogP contribution in [0.15, 0.2) is 28.8 Å². The fourth-order valence-corrected chi connectivity index (χ4v) is 1.61. The molecule has 8 heteroatoms. The molecule has 0 radical (unpaired) electrons. The number of hydrogen-bond acceptors (Lipinski definition) is 4. The minimum Gasteiger partial charge on any atom is -0.337 e. The number of nitrogens with two attached hydrogens (primary N) is 1. The molecule has 21 heavy (non-hydrogen) atoms. The third kappa shape index (κ3) is 3.95. The van der Waals surface area contributed by atoms with E-state index in [0.717, 1.165) is 12.1 Å². The van der Waals surface area contributed by atoms with E-state index in [1.807, 2.05) is 13.8 Å². The van der Waals surface area contributed by atoms with Crippen LogP contribution in [0.3, 0.4) is 0 Å². The Labute approximate surface area is 125 Å². The van der Waals surface area contributed by atoms with Crippen LogP contribution in [0.4, 0.5) is 13.2 Å². The van der Waals surface area contributed by atoms with Crippen LogP contribution in [0.1, 0.15) is 31.3 Å². The van der Waals surface area contributed by atoms with Gasteiger partial charge in [0.1, 0.15) is 0 Å². The average Bonchev–Trinajstić information content (AvgIpc) is 2.86. The largest absolute Gasteiger partial charge is 0.416 e. The molecule has 1 aromatic heterocycles. The Morgan fingerprint density at radius 2 is 1.90 bits per heavy atom. The summed E-state index contributed by atoms with van der Waals surface area (Å²) in [5.41, 5.74) is 5.34. The molecule has 1 aromatic carbocycles. The molecule has 0 bridgehead atoms. The van der Waals surface area contributed by atoms with Crippen molar-refractivity contribution in [3.63, 3.8) is 0 Å². The van der Waals surface area contributed by atoms with Gasteiger partial charge < -0.3 is 10.3 Å². The van der Waals surface area contributed by atoms with E-state index in [-0.39, 0.29) is 35.6 Å². The zero-order valence-electron chi connectivity index (χ0n) is 11.4. The number of aromatic nitrogens is 2. The number of alkyl halides is 3. The standard InChI is InChI=1S/C13H14F3N3O.ClH/c1-7(2)10(17)12-18-11(19-20-12)8-4-3-5-9(6-8)13(14,15)16;/h3-7,10H,17H2,1-2H3;1H. The fourth-order valence-electron chi connectivity index (χ4n) is 1.61. The third-order valence-corrected chi connectivity index (χ3v) is 2.89. The highest BCUT2D eigenvalue weighted by molar-refractivity contribution is 5.85. The SMILES string of the molecule is CC(C)C(N)c1nc(-c2cccc(C(F)(F)F)c2)no1.Cl. The van der Waals surface area contributed by atoms with Crippen molar-refractivity contribution in [3.8, 4) is 11.4 Å². The molecule has 0 aliphatic carbocycles. The van der Waals surface area contributed by atoms with Crippen LogP contribution in [-0.4, -0.2) is 10.1 Å². The second-order valence-corrected chi connectivity index (χ2v) is 4.80. The Hall–Kier alpha value is -1.60. The topological polar surface area (TPSA) is 64.9 Å². The van der Waals surface area contributed by atoms with Crippen LogP contribution in [0.25, 0.3) is 11.4 Å². The number of nitrogens with zero attached hydrogens (tertiary/aromatic N) is 2. The highest BCUT2D eigenvalue weighted by atomic mass is 35.5. The van der Waals surface area contributed by atoms with Crippen LogP contribution in [0, 0.1) is 5.92 Å². The molecule has 0 amide bonds. The molecule has 4 nitrogen and oxygen atoms in total. The molecule has 2 N–H and O–H groups in total. The van der Waals surface area contributed by atoms with Crippen LogP contribution in [0.2, 0.25) is 0 Å². The van der Waals surface area contributed by atoms with Gasteiger partial charge in [-0.15, -0.1) is 12.4 Å². The summed E-state index contributed by atoms with van der Waals surface area (Å²) in [5.74, 6) is 0.402. The fraction of sp³-hybridized carbons (Fsp3) is 0.385. The van der Waals surface area contributed by atoms with E-state index in [0.29, 0.717) is 0 Å². The summed E-state index contributed by atoms with van der Waals surface area (Å²) in [5, 5.41) is 3.68. The van der Waals surface area contributed by atoms with Gasteiger partial charge in [-0.25, -0.2) is 0 Å². The second kappa shape index (κ2) is 6.44. The Kier molecular flexibility index (Phi) is 5.36. The molecule has 116 valence electrons. The smallest absolute Gasteiger partial charge is 0.337 e. The molecular weight excluding hydrogens is 307 g/mol. The lowest BCUT2D eigenvalue weighted by molar-refractivity contribution is -0.137. The maximum Gasteiger partial charge on any atom is 0.416 e. The van der Waals surface area contributed by atoms with Gasteiger partial charge in [-0.05, 0) is 18.1 Å². The van der Waals surface area contributed by atoms with Crippen LogP contribution < -0.4 is 5.73 Å². The number of rotatable bonds is 3. The van der Waals surface area contributed by atoms with E-state index in [9.17, 15) is 13.2 Å². The Bertz CT molecular complexity index is 598. The van der Waals surface area contributed by atoms with Gasteiger partial charge in [0.05, 0.1) is 11.6 Å². The van der Waals surface area contributed by atoms with E-state index >= 15 is 0 Å². The van der Waals surface area contributed by atoms with E-state index in [1.54, 1.807) is 0 Å².